The van der Waals surface area contributed by atoms with E-state index in [-0.39, 0.29) is 5.91 Å². The van der Waals surface area contributed by atoms with Crippen LogP contribution in [0.2, 0.25) is 0 Å². The summed E-state index contributed by atoms with van der Waals surface area (Å²) in [6, 6.07) is 14.9. The van der Waals surface area contributed by atoms with Gasteiger partial charge in [-0.2, -0.15) is 0 Å². The van der Waals surface area contributed by atoms with E-state index < -0.39 is 10.0 Å². The molecule has 8 heteroatoms. The van der Waals surface area contributed by atoms with E-state index in [2.05, 4.69) is 9.62 Å². The van der Waals surface area contributed by atoms with Crippen molar-refractivity contribution in [3.8, 4) is 5.75 Å². The Balaban J connectivity index is 1.56. The number of carbonyl (C=O) groups is 1. The molecule has 1 aliphatic heterocycles. The zero-order valence-corrected chi connectivity index (χ0v) is 18.1. The molecule has 0 radical (unpaired) electrons. The quantitative estimate of drug-likeness (QED) is 0.715. The van der Waals surface area contributed by atoms with Crippen molar-refractivity contribution in [1.29, 1.82) is 0 Å². The summed E-state index contributed by atoms with van der Waals surface area (Å²) in [6.07, 6.45) is 5.33. The zero-order chi connectivity index (χ0) is 21.6. The van der Waals surface area contributed by atoms with Gasteiger partial charge < -0.3 is 14.5 Å². The first-order valence-electron chi connectivity index (χ1n) is 9.78. The van der Waals surface area contributed by atoms with Crippen molar-refractivity contribution < 1.29 is 17.9 Å². The minimum absolute atomic E-state index is 0.0232. The Bertz CT molecular complexity index is 986. The van der Waals surface area contributed by atoms with Crippen molar-refractivity contribution in [3.05, 3.63) is 60.2 Å². The van der Waals surface area contributed by atoms with Crippen LogP contribution in [0.5, 0.6) is 5.75 Å². The highest BCUT2D eigenvalue weighted by molar-refractivity contribution is 7.92. The van der Waals surface area contributed by atoms with Gasteiger partial charge >= 0.3 is 0 Å². The fourth-order valence-electron chi connectivity index (χ4n) is 3.34. The number of nitrogens with zero attached hydrogens (tertiary/aromatic N) is 2. The molecule has 0 atom stereocenters. The maximum Gasteiger partial charge on any atom is 0.246 e. The average molecular weight is 430 g/mol. The molecule has 0 aromatic heterocycles. The average Bonchev–Trinajstić information content (AvgIpc) is 2.98. The molecule has 0 spiro atoms. The van der Waals surface area contributed by atoms with Crippen LogP contribution < -0.4 is 14.4 Å². The molecule has 1 fully saturated rings. The van der Waals surface area contributed by atoms with E-state index in [9.17, 15) is 13.2 Å². The van der Waals surface area contributed by atoms with Crippen molar-refractivity contribution in [2.45, 2.75) is 6.42 Å². The first-order chi connectivity index (χ1) is 14.3. The molecular weight excluding hydrogens is 402 g/mol. The second-order valence-corrected chi connectivity index (χ2v) is 8.94. The molecule has 7 nitrogen and oxygen atoms in total. The molecular formula is C22H27N3O4S. The Kier molecular flexibility index (Phi) is 6.99. The fourth-order valence-corrected chi connectivity index (χ4v) is 3.90. The van der Waals surface area contributed by atoms with Gasteiger partial charge in [0, 0.05) is 43.6 Å². The highest BCUT2D eigenvalue weighted by atomic mass is 32.2. The summed E-state index contributed by atoms with van der Waals surface area (Å²) in [5.41, 5.74) is 2.45. The van der Waals surface area contributed by atoms with E-state index in [1.807, 2.05) is 29.2 Å². The summed E-state index contributed by atoms with van der Waals surface area (Å²) in [5, 5.41) is 0. The second kappa shape index (κ2) is 9.67. The Morgan fingerprint density at radius 3 is 2.33 bits per heavy atom. The van der Waals surface area contributed by atoms with E-state index in [4.69, 9.17) is 4.74 Å². The zero-order valence-electron chi connectivity index (χ0n) is 17.2. The minimum Gasteiger partial charge on any atom is -0.497 e. The topological polar surface area (TPSA) is 79.0 Å². The third kappa shape index (κ3) is 6.25. The molecule has 0 aliphatic carbocycles. The fraction of sp³-hybridized carbons (Fsp3) is 0.318. The normalized spacial score (nSPS) is 15.1. The summed E-state index contributed by atoms with van der Waals surface area (Å²) in [7, 11) is -1.65. The van der Waals surface area contributed by atoms with Crippen LogP contribution in [0.25, 0.3) is 6.08 Å². The van der Waals surface area contributed by atoms with Crippen LogP contribution in [0, 0.1) is 0 Å². The Morgan fingerprint density at radius 2 is 1.70 bits per heavy atom. The molecule has 2 aromatic rings. The van der Waals surface area contributed by atoms with Crippen LogP contribution in [0.1, 0.15) is 12.0 Å². The first kappa shape index (κ1) is 21.7. The van der Waals surface area contributed by atoms with Gasteiger partial charge in [0.15, 0.2) is 0 Å². The van der Waals surface area contributed by atoms with Crippen molar-refractivity contribution >= 4 is 33.4 Å². The lowest BCUT2D eigenvalue weighted by molar-refractivity contribution is -0.125. The summed E-state index contributed by atoms with van der Waals surface area (Å²) in [6.45, 7) is 3.05. The van der Waals surface area contributed by atoms with Crippen LogP contribution in [0.4, 0.5) is 11.4 Å². The number of hydrogen-bond donors (Lipinski definition) is 1. The summed E-state index contributed by atoms with van der Waals surface area (Å²) >= 11 is 0. The lowest BCUT2D eigenvalue weighted by atomic mass is 10.2. The number of nitrogens with one attached hydrogen (secondary N) is 1. The minimum atomic E-state index is -3.30. The van der Waals surface area contributed by atoms with Crippen molar-refractivity contribution in [3.63, 3.8) is 0 Å². The molecule has 1 aliphatic rings. The van der Waals surface area contributed by atoms with Gasteiger partial charge in [0.1, 0.15) is 5.75 Å². The van der Waals surface area contributed by atoms with E-state index in [1.54, 1.807) is 43.5 Å². The highest BCUT2D eigenvalue weighted by Gasteiger charge is 2.17. The number of anilines is 2. The Hall–Kier alpha value is -3.00. The van der Waals surface area contributed by atoms with Gasteiger partial charge in [-0.15, -0.1) is 0 Å². The molecule has 1 saturated heterocycles. The summed E-state index contributed by atoms with van der Waals surface area (Å²) in [4.78, 5) is 16.8. The van der Waals surface area contributed by atoms with Gasteiger partial charge in [-0.3, -0.25) is 9.52 Å². The van der Waals surface area contributed by atoms with Crippen LogP contribution in [0.3, 0.4) is 0 Å². The SMILES string of the molecule is COc1ccc(N2CCCN(C(=O)/C=C/c3ccc(NS(C)(=O)=O)cc3)CC2)cc1. The lowest BCUT2D eigenvalue weighted by Gasteiger charge is -2.23. The molecule has 0 bridgehead atoms. The van der Waals surface area contributed by atoms with Gasteiger partial charge in [-0.05, 0) is 54.5 Å². The highest BCUT2D eigenvalue weighted by Crippen LogP contribution is 2.21. The number of benzene rings is 2. The number of rotatable bonds is 6. The molecule has 1 N–H and O–H groups in total. The number of amides is 1. The van der Waals surface area contributed by atoms with Crippen LogP contribution in [0.15, 0.2) is 54.6 Å². The largest absolute Gasteiger partial charge is 0.497 e. The van der Waals surface area contributed by atoms with Gasteiger partial charge in [-0.1, -0.05) is 12.1 Å². The molecule has 3 rings (SSSR count). The third-order valence-electron chi connectivity index (χ3n) is 4.88. The van der Waals surface area contributed by atoms with E-state index >= 15 is 0 Å². The monoisotopic (exact) mass is 429 g/mol. The predicted octanol–water partition coefficient (Wildman–Crippen LogP) is 2.82. The van der Waals surface area contributed by atoms with Crippen LogP contribution >= 0.6 is 0 Å². The Labute approximate surface area is 178 Å². The van der Waals surface area contributed by atoms with E-state index in [1.165, 1.54) is 0 Å². The summed E-state index contributed by atoms with van der Waals surface area (Å²) < 4.78 is 30.2. The summed E-state index contributed by atoms with van der Waals surface area (Å²) in [5.74, 6) is 0.806. The smallest absolute Gasteiger partial charge is 0.246 e. The number of methoxy groups -OCH3 is 1. The van der Waals surface area contributed by atoms with Crippen LogP contribution in [-0.4, -0.2) is 58.8 Å². The standard InChI is InChI=1S/C22H27N3O4S/c1-29-21-11-9-20(10-12-21)24-14-3-15-25(17-16-24)22(26)13-6-18-4-7-19(8-5-18)23-30(2,27)28/h4-13,23H,3,14-17H2,1-2H3/b13-6+. The van der Waals surface area contributed by atoms with E-state index in [0.29, 0.717) is 18.8 Å². The Morgan fingerprint density at radius 1 is 1.00 bits per heavy atom. The van der Waals surface area contributed by atoms with E-state index in [0.717, 1.165) is 42.8 Å². The molecule has 1 amide bonds. The maximum atomic E-state index is 12.6. The number of hydrogen-bond acceptors (Lipinski definition) is 5. The second-order valence-electron chi connectivity index (χ2n) is 7.19. The van der Waals surface area contributed by atoms with Gasteiger partial charge in [0.05, 0.1) is 13.4 Å². The van der Waals surface area contributed by atoms with Gasteiger partial charge in [0.25, 0.3) is 0 Å². The maximum absolute atomic E-state index is 12.6. The van der Waals surface area contributed by atoms with Crippen molar-refractivity contribution in [2.24, 2.45) is 0 Å². The predicted molar refractivity (Wildman–Crippen MR) is 120 cm³/mol. The third-order valence-corrected chi connectivity index (χ3v) is 5.48. The molecule has 160 valence electrons. The molecule has 1 heterocycles. The number of sulfonamides is 1. The van der Waals surface area contributed by atoms with Crippen molar-refractivity contribution in [1.82, 2.24) is 4.90 Å². The van der Waals surface area contributed by atoms with Crippen molar-refractivity contribution in [2.75, 3.05) is 49.2 Å². The lowest BCUT2D eigenvalue weighted by Crippen LogP contribution is -2.34. The number of carbonyl (C=O) groups excluding carboxylic acids is 1. The first-order valence-corrected chi connectivity index (χ1v) is 11.7. The molecule has 0 unspecified atom stereocenters. The molecule has 30 heavy (non-hydrogen) atoms. The van der Waals surface area contributed by atoms with Gasteiger partial charge in [0.2, 0.25) is 15.9 Å². The number of ether oxygens (including phenoxy) is 1. The van der Waals surface area contributed by atoms with Gasteiger partial charge in [-0.25, -0.2) is 8.42 Å². The molecule has 2 aromatic carbocycles. The van der Waals surface area contributed by atoms with Crippen LogP contribution in [-0.2, 0) is 14.8 Å². The molecule has 0 saturated carbocycles.